The van der Waals surface area contributed by atoms with Gasteiger partial charge in [-0.3, -0.25) is 4.99 Å². The smallest absolute Gasteiger partial charge is 0.216 e. The standard InChI is InChI=1S/C19H34N4O4S.HI/c1-4-8-20-19(21-9-7-18-6-5-14-27-18)22-10-12-23(13-11-22)28(24,25)16-15-26-17(2)3;/h5-6,14,17H,4,7-13,15-16H2,1-3H3,(H,20,21);1H. The van der Waals surface area contributed by atoms with Gasteiger partial charge in [-0.25, -0.2) is 8.42 Å². The van der Waals surface area contributed by atoms with Crippen LogP contribution in [0.5, 0.6) is 0 Å². The van der Waals surface area contributed by atoms with Gasteiger partial charge in [0.15, 0.2) is 5.96 Å². The van der Waals surface area contributed by atoms with Crippen molar-refractivity contribution in [1.29, 1.82) is 0 Å². The summed E-state index contributed by atoms with van der Waals surface area (Å²) < 4.78 is 37.3. The first-order chi connectivity index (χ1) is 13.4. The van der Waals surface area contributed by atoms with E-state index in [1.54, 1.807) is 10.6 Å². The summed E-state index contributed by atoms with van der Waals surface area (Å²) in [5.74, 6) is 1.80. The van der Waals surface area contributed by atoms with E-state index in [1.807, 2.05) is 26.0 Å². The predicted octanol–water partition coefficient (Wildman–Crippen LogP) is 2.17. The quantitative estimate of drug-likeness (QED) is 0.277. The number of halogens is 1. The first-order valence-corrected chi connectivity index (χ1v) is 11.7. The molecule has 29 heavy (non-hydrogen) atoms. The van der Waals surface area contributed by atoms with Crippen LogP contribution in [0, 0.1) is 0 Å². The van der Waals surface area contributed by atoms with Gasteiger partial charge < -0.3 is 19.4 Å². The van der Waals surface area contributed by atoms with Crippen LogP contribution in [-0.4, -0.2) is 81.3 Å². The number of hydrogen-bond acceptors (Lipinski definition) is 5. The molecule has 2 rings (SSSR count). The molecule has 0 radical (unpaired) electrons. The van der Waals surface area contributed by atoms with E-state index in [1.165, 1.54) is 0 Å². The third kappa shape index (κ3) is 9.22. The lowest BCUT2D eigenvalue weighted by atomic mass is 10.3. The molecule has 1 saturated heterocycles. The molecule has 168 valence electrons. The highest BCUT2D eigenvalue weighted by Crippen LogP contribution is 2.09. The number of guanidine groups is 1. The molecule has 0 spiro atoms. The lowest BCUT2D eigenvalue weighted by Gasteiger charge is -2.36. The van der Waals surface area contributed by atoms with E-state index in [0.717, 1.165) is 37.7 Å². The fraction of sp³-hybridized carbons (Fsp3) is 0.737. The number of nitrogens with zero attached hydrogens (tertiary/aromatic N) is 3. The maximum absolute atomic E-state index is 12.5. The summed E-state index contributed by atoms with van der Waals surface area (Å²) in [7, 11) is -3.28. The Hall–Kier alpha value is -0.850. The van der Waals surface area contributed by atoms with Crippen LogP contribution in [0.3, 0.4) is 0 Å². The molecule has 1 fully saturated rings. The fourth-order valence-corrected chi connectivity index (χ4v) is 4.22. The molecule has 0 amide bonds. The number of ether oxygens (including phenoxy) is 1. The van der Waals surface area contributed by atoms with Gasteiger partial charge in [0.05, 0.1) is 24.7 Å². The van der Waals surface area contributed by atoms with Gasteiger partial charge in [-0.2, -0.15) is 4.31 Å². The van der Waals surface area contributed by atoms with Gasteiger partial charge in [0.2, 0.25) is 10.0 Å². The number of sulfonamides is 1. The fourth-order valence-electron chi connectivity index (χ4n) is 2.93. The maximum Gasteiger partial charge on any atom is 0.216 e. The number of furan rings is 1. The molecular weight excluding hydrogens is 507 g/mol. The molecule has 0 aliphatic carbocycles. The molecule has 1 N–H and O–H groups in total. The van der Waals surface area contributed by atoms with Gasteiger partial charge in [-0.15, -0.1) is 24.0 Å². The predicted molar refractivity (Wildman–Crippen MR) is 126 cm³/mol. The van der Waals surface area contributed by atoms with Crippen molar-refractivity contribution >= 4 is 40.0 Å². The van der Waals surface area contributed by atoms with E-state index in [2.05, 4.69) is 22.1 Å². The topological polar surface area (TPSA) is 87.4 Å². The van der Waals surface area contributed by atoms with E-state index in [0.29, 0.717) is 26.2 Å². The molecular formula is C19H35IN4O4S. The molecule has 0 atom stereocenters. The molecule has 1 aromatic heterocycles. The Labute approximate surface area is 192 Å². The van der Waals surface area contributed by atoms with Crippen molar-refractivity contribution in [3.63, 3.8) is 0 Å². The minimum atomic E-state index is -3.28. The van der Waals surface area contributed by atoms with E-state index in [4.69, 9.17) is 9.15 Å². The second-order valence-electron chi connectivity index (χ2n) is 7.08. The summed E-state index contributed by atoms with van der Waals surface area (Å²) in [5.41, 5.74) is 0. The molecule has 0 aromatic carbocycles. The number of nitrogens with one attached hydrogen (secondary N) is 1. The van der Waals surface area contributed by atoms with Crippen LogP contribution < -0.4 is 5.32 Å². The number of hydrogen-bond donors (Lipinski definition) is 1. The van der Waals surface area contributed by atoms with Gasteiger partial charge in [0, 0.05) is 45.7 Å². The molecule has 8 nitrogen and oxygen atoms in total. The lowest BCUT2D eigenvalue weighted by molar-refractivity contribution is 0.0904. The normalized spacial score (nSPS) is 16.1. The molecule has 0 saturated carbocycles. The Kier molecular flexibility index (Phi) is 12.1. The Morgan fingerprint density at radius 2 is 2.03 bits per heavy atom. The Morgan fingerprint density at radius 1 is 1.31 bits per heavy atom. The van der Waals surface area contributed by atoms with Crippen molar-refractivity contribution in [3.05, 3.63) is 24.2 Å². The number of rotatable bonds is 10. The van der Waals surface area contributed by atoms with E-state index in [9.17, 15) is 8.42 Å². The first-order valence-electron chi connectivity index (χ1n) is 10.1. The van der Waals surface area contributed by atoms with Gasteiger partial charge >= 0.3 is 0 Å². The summed E-state index contributed by atoms with van der Waals surface area (Å²) >= 11 is 0. The summed E-state index contributed by atoms with van der Waals surface area (Å²) in [5, 5.41) is 3.39. The summed E-state index contributed by atoms with van der Waals surface area (Å²) in [6.07, 6.45) is 3.46. The third-order valence-corrected chi connectivity index (χ3v) is 6.28. The second-order valence-corrected chi connectivity index (χ2v) is 9.17. The maximum atomic E-state index is 12.5. The Morgan fingerprint density at radius 3 is 2.62 bits per heavy atom. The van der Waals surface area contributed by atoms with Crippen molar-refractivity contribution in [1.82, 2.24) is 14.5 Å². The number of piperazine rings is 1. The minimum absolute atomic E-state index is 0. The van der Waals surface area contributed by atoms with Gasteiger partial charge in [-0.05, 0) is 32.4 Å². The SMILES string of the molecule is CCCN=C(NCCc1ccco1)N1CCN(S(=O)(=O)CCOC(C)C)CC1.I. The van der Waals surface area contributed by atoms with Crippen molar-refractivity contribution in [3.8, 4) is 0 Å². The van der Waals surface area contributed by atoms with Crippen LogP contribution in [0.15, 0.2) is 27.8 Å². The lowest BCUT2D eigenvalue weighted by Crippen LogP contribution is -2.54. The van der Waals surface area contributed by atoms with Crippen LogP contribution in [-0.2, 0) is 21.2 Å². The zero-order valence-corrected chi connectivity index (χ0v) is 20.8. The highest BCUT2D eigenvalue weighted by atomic mass is 127. The summed E-state index contributed by atoms with van der Waals surface area (Å²) in [4.78, 5) is 6.79. The third-order valence-electron chi connectivity index (χ3n) is 4.44. The van der Waals surface area contributed by atoms with E-state index in [-0.39, 0.29) is 42.4 Å². The molecule has 1 aromatic rings. The van der Waals surface area contributed by atoms with Crippen molar-refractivity contribution in [2.45, 2.75) is 39.7 Å². The Bertz CT molecular complexity index is 687. The molecule has 2 heterocycles. The molecule has 1 aliphatic heterocycles. The average molecular weight is 542 g/mol. The van der Waals surface area contributed by atoms with Gasteiger partial charge in [0.1, 0.15) is 5.76 Å². The molecule has 0 unspecified atom stereocenters. The van der Waals surface area contributed by atoms with Crippen molar-refractivity contribution < 1.29 is 17.6 Å². The van der Waals surface area contributed by atoms with Crippen LogP contribution in [0.25, 0.3) is 0 Å². The van der Waals surface area contributed by atoms with Crippen molar-refractivity contribution in [2.24, 2.45) is 4.99 Å². The summed E-state index contributed by atoms with van der Waals surface area (Å²) in [6, 6.07) is 3.84. The molecule has 10 heteroatoms. The largest absolute Gasteiger partial charge is 0.469 e. The molecule has 0 bridgehead atoms. The van der Waals surface area contributed by atoms with Crippen LogP contribution >= 0.6 is 24.0 Å². The van der Waals surface area contributed by atoms with Crippen LogP contribution in [0.1, 0.15) is 33.0 Å². The zero-order valence-electron chi connectivity index (χ0n) is 17.7. The van der Waals surface area contributed by atoms with Crippen molar-refractivity contribution in [2.75, 3.05) is 51.6 Å². The van der Waals surface area contributed by atoms with Gasteiger partial charge in [-0.1, -0.05) is 6.92 Å². The average Bonchev–Trinajstić information content (AvgIpc) is 3.17. The van der Waals surface area contributed by atoms with Crippen LogP contribution in [0.4, 0.5) is 0 Å². The Balaban J connectivity index is 0.00000420. The highest BCUT2D eigenvalue weighted by Gasteiger charge is 2.28. The number of aliphatic imine (C=N–C) groups is 1. The van der Waals surface area contributed by atoms with Crippen LogP contribution in [0.2, 0.25) is 0 Å². The van der Waals surface area contributed by atoms with E-state index >= 15 is 0 Å². The van der Waals surface area contributed by atoms with Gasteiger partial charge in [0.25, 0.3) is 0 Å². The monoisotopic (exact) mass is 542 g/mol. The minimum Gasteiger partial charge on any atom is -0.469 e. The zero-order chi connectivity index (χ0) is 20.4. The summed E-state index contributed by atoms with van der Waals surface area (Å²) in [6.45, 7) is 9.79. The first kappa shape index (κ1) is 26.2. The second kappa shape index (κ2) is 13.5. The van der Waals surface area contributed by atoms with E-state index < -0.39 is 10.0 Å². The molecule has 1 aliphatic rings. The highest BCUT2D eigenvalue weighted by molar-refractivity contribution is 14.0.